The van der Waals surface area contributed by atoms with Crippen LogP contribution >= 0.6 is 0 Å². The van der Waals surface area contributed by atoms with Crippen molar-refractivity contribution in [3.8, 4) is 5.75 Å². The molecule has 3 fully saturated rings. The fourth-order valence-electron chi connectivity index (χ4n) is 5.25. The van der Waals surface area contributed by atoms with Crippen molar-refractivity contribution in [2.24, 2.45) is 0 Å². The van der Waals surface area contributed by atoms with Gasteiger partial charge in [0.1, 0.15) is 5.75 Å². The van der Waals surface area contributed by atoms with E-state index in [1.165, 1.54) is 0 Å². The maximum absolute atomic E-state index is 13.7. The number of nitrogens with zero attached hydrogens (tertiary/aromatic N) is 4. The molecule has 3 saturated heterocycles. The summed E-state index contributed by atoms with van der Waals surface area (Å²) in [6, 6.07) is 6.37. The van der Waals surface area contributed by atoms with Crippen LogP contribution in [0.3, 0.4) is 0 Å². The number of ether oxygens (including phenoxy) is 3. The molecule has 8 nitrogen and oxygen atoms in total. The normalized spacial score (nSPS) is 21.3. The lowest BCUT2D eigenvalue weighted by Gasteiger charge is -2.40. The smallest absolute Gasteiger partial charge is 0.257 e. The second-order valence-electron chi connectivity index (χ2n) is 9.42. The van der Waals surface area contributed by atoms with Gasteiger partial charge in [-0.1, -0.05) is 0 Å². The average Bonchev–Trinajstić information content (AvgIpc) is 3.31. The third-order valence-corrected chi connectivity index (χ3v) is 7.26. The monoisotopic (exact) mass is 454 g/mol. The van der Waals surface area contributed by atoms with Crippen LogP contribution in [-0.4, -0.2) is 92.1 Å². The predicted molar refractivity (Wildman–Crippen MR) is 127 cm³/mol. The number of anilines is 1. The Bertz CT molecular complexity index is 1000. The zero-order valence-electron chi connectivity index (χ0n) is 19.9. The second kappa shape index (κ2) is 9.08. The number of carbonyl (C=O) groups excluding carboxylic acids is 1. The molecule has 0 unspecified atom stereocenters. The molecule has 33 heavy (non-hydrogen) atoms. The van der Waals surface area contributed by atoms with Gasteiger partial charge in [0, 0.05) is 69.7 Å². The van der Waals surface area contributed by atoms with E-state index in [1.807, 2.05) is 23.1 Å². The van der Waals surface area contributed by atoms with Crippen molar-refractivity contribution >= 4 is 22.5 Å². The first-order valence-corrected chi connectivity index (χ1v) is 12.0. The van der Waals surface area contributed by atoms with Crippen molar-refractivity contribution in [1.29, 1.82) is 0 Å². The molecule has 0 N–H and O–H groups in total. The van der Waals surface area contributed by atoms with Crippen LogP contribution in [0.4, 0.5) is 5.69 Å². The molecule has 2 aromatic rings. The van der Waals surface area contributed by atoms with E-state index in [4.69, 9.17) is 14.2 Å². The Morgan fingerprint density at radius 3 is 2.39 bits per heavy atom. The molecule has 1 amide bonds. The number of fused-ring (bicyclic) bond motifs is 1. The van der Waals surface area contributed by atoms with Crippen molar-refractivity contribution in [3.05, 3.63) is 30.0 Å². The van der Waals surface area contributed by atoms with Gasteiger partial charge in [0.05, 0.1) is 37.1 Å². The molecule has 4 heterocycles. The molecule has 3 aliphatic rings. The predicted octanol–water partition coefficient (Wildman–Crippen LogP) is 2.75. The minimum atomic E-state index is -0.464. The molecule has 0 radical (unpaired) electrons. The summed E-state index contributed by atoms with van der Waals surface area (Å²) in [5, 5.41) is 0.949. The SMILES string of the molecule is COc1ccc2ncc(C(=O)N3CCN(C(C)C)CC3)c(N3CCC4(CC3)OCCO4)c2c1. The van der Waals surface area contributed by atoms with Gasteiger partial charge in [0.25, 0.3) is 5.91 Å². The van der Waals surface area contributed by atoms with E-state index in [0.29, 0.717) is 24.8 Å². The topological polar surface area (TPSA) is 67.4 Å². The van der Waals surface area contributed by atoms with Crippen molar-refractivity contribution in [2.75, 3.05) is 64.5 Å². The molecule has 0 bridgehead atoms. The van der Waals surface area contributed by atoms with Gasteiger partial charge in [-0.2, -0.15) is 0 Å². The second-order valence-corrected chi connectivity index (χ2v) is 9.42. The lowest BCUT2D eigenvalue weighted by atomic mass is 9.99. The molecule has 0 atom stereocenters. The third kappa shape index (κ3) is 4.27. The Kier molecular flexibility index (Phi) is 6.16. The minimum absolute atomic E-state index is 0.0549. The van der Waals surface area contributed by atoms with Gasteiger partial charge < -0.3 is 24.0 Å². The number of hydrogen-bond acceptors (Lipinski definition) is 7. The maximum atomic E-state index is 13.7. The van der Waals surface area contributed by atoms with Crippen molar-refractivity contribution in [3.63, 3.8) is 0 Å². The van der Waals surface area contributed by atoms with Crippen LogP contribution in [0.1, 0.15) is 37.0 Å². The first-order valence-electron chi connectivity index (χ1n) is 12.0. The highest BCUT2D eigenvalue weighted by atomic mass is 16.7. The van der Waals surface area contributed by atoms with Gasteiger partial charge in [-0.05, 0) is 32.0 Å². The summed E-state index contributed by atoms with van der Waals surface area (Å²) >= 11 is 0. The third-order valence-electron chi connectivity index (χ3n) is 7.26. The van der Waals surface area contributed by atoms with Gasteiger partial charge in [-0.15, -0.1) is 0 Å². The number of piperazine rings is 1. The largest absolute Gasteiger partial charge is 0.497 e. The van der Waals surface area contributed by atoms with E-state index >= 15 is 0 Å². The summed E-state index contributed by atoms with van der Waals surface area (Å²) in [5.41, 5.74) is 2.47. The number of hydrogen-bond donors (Lipinski definition) is 0. The molecular weight excluding hydrogens is 420 g/mol. The van der Waals surface area contributed by atoms with Gasteiger partial charge in [-0.3, -0.25) is 14.7 Å². The molecule has 1 aromatic heterocycles. The standard InChI is InChI=1S/C25H34N4O4/c1-18(2)27-10-12-29(13-11-27)24(30)21-17-26-22-5-4-19(31-3)16-20(22)23(21)28-8-6-25(7-9-28)32-14-15-33-25/h4-5,16-18H,6-15H2,1-3H3. The Morgan fingerprint density at radius 2 is 1.76 bits per heavy atom. The Morgan fingerprint density at radius 1 is 1.06 bits per heavy atom. The molecule has 0 saturated carbocycles. The van der Waals surface area contributed by atoms with Gasteiger partial charge in [0.15, 0.2) is 5.79 Å². The van der Waals surface area contributed by atoms with Gasteiger partial charge in [0.2, 0.25) is 0 Å². The number of piperidine rings is 1. The molecule has 1 spiro atoms. The highest BCUT2D eigenvalue weighted by Crippen LogP contribution is 2.38. The molecule has 0 aliphatic carbocycles. The minimum Gasteiger partial charge on any atom is -0.497 e. The van der Waals surface area contributed by atoms with Crippen LogP contribution in [0, 0.1) is 0 Å². The van der Waals surface area contributed by atoms with E-state index in [0.717, 1.165) is 74.5 Å². The van der Waals surface area contributed by atoms with Crippen molar-refractivity contribution in [2.45, 2.75) is 38.5 Å². The van der Waals surface area contributed by atoms with E-state index in [2.05, 4.69) is 28.6 Å². The number of carbonyl (C=O) groups is 1. The number of amides is 1. The van der Waals surface area contributed by atoms with Crippen molar-refractivity contribution < 1.29 is 19.0 Å². The average molecular weight is 455 g/mol. The number of rotatable bonds is 4. The summed E-state index contributed by atoms with van der Waals surface area (Å²) < 4.78 is 17.4. The molecular formula is C25H34N4O4. The van der Waals surface area contributed by atoms with Gasteiger partial charge in [-0.25, -0.2) is 0 Å². The fourth-order valence-corrected chi connectivity index (χ4v) is 5.25. The van der Waals surface area contributed by atoms with Crippen LogP contribution < -0.4 is 9.64 Å². The number of benzene rings is 1. The summed E-state index contributed by atoms with van der Waals surface area (Å²) in [5.74, 6) is 0.352. The van der Waals surface area contributed by atoms with Crippen LogP contribution in [0.2, 0.25) is 0 Å². The van der Waals surface area contributed by atoms with E-state index in [9.17, 15) is 4.79 Å². The number of methoxy groups -OCH3 is 1. The van der Waals surface area contributed by atoms with Crippen molar-refractivity contribution in [1.82, 2.24) is 14.8 Å². The first kappa shape index (κ1) is 22.4. The van der Waals surface area contributed by atoms with Crippen LogP contribution in [0.15, 0.2) is 24.4 Å². The van der Waals surface area contributed by atoms with Gasteiger partial charge >= 0.3 is 0 Å². The van der Waals surface area contributed by atoms with Crippen LogP contribution in [0.25, 0.3) is 10.9 Å². The van der Waals surface area contributed by atoms with E-state index in [1.54, 1.807) is 13.3 Å². The number of aromatic nitrogens is 1. The summed E-state index contributed by atoms with van der Waals surface area (Å²) in [6.45, 7) is 10.5. The molecule has 5 rings (SSSR count). The lowest BCUT2D eigenvalue weighted by molar-refractivity contribution is -0.169. The number of pyridine rings is 1. The highest BCUT2D eigenvalue weighted by molar-refractivity contribution is 6.07. The Balaban J connectivity index is 1.48. The molecule has 1 aromatic carbocycles. The zero-order chi connectivity index (χ0) is 23.0. The molecule has 178 valence electrons. The van der Waals surface area contributed by atoms with E-state index in [-0.39, 0.29) is 5.91 Å². The maximum Gasteiger partial charge on any atom is 0.257 e. The molecule has 3 aliphatic heterocycles. The fraction of sp³-hybridized carbons (Fsp3) is 0.600. The first-order chi connectivity index (χ1) is 16.0. The quantitative estimate of drug-likeness (QED) is 0.704. The Hall–Kier alpha value is -2.42. The Labute approximate surface area is 195 Å². The lowest BCUT2D eigenvalue weighted by Crippen LogP contribution is -2.51. The highest BCUT2D eigenvalue weighted by Gasteiger charge is 2.41. The molecule has 8 heteroatoms. The van der Waals surface area contributed by atoms with Crippen LogP contribution in [0.5, 0.6) is 5.75 Å². The summed E-state index contributed by atoms with van der Waals surface area (Å²) in [7, 11) is 1.66. The van der Waals surface area contributed by atoms with Crippen LogP contribution in [-0.2, 0) is 9.47 Å². The van der Waals surface area contributed by atoms with E-state index < -0.39 is 5.79 Å². The summed E-state index contributed by atoms with van der Waals surface area (Å²) in [4.78, 5) is 25.1. The summed E-state index contributed by atoms with van der Waals surface area (Å²) in [6.07, 6.45) is 3.32. The zero-order valence-corrected chi connectivity index (χ0v) is 19.9.